The lowest BCUT2D eigenvalue weighted by Gasteiger charge is -2.08. The third-order valence-electron chi connectivity index (χ3n) is 3.10. The van der Waals surface area contributed by atoms with E-state index in [-0.39, 0.29) is 0 Å². The van der Waals surface area contributed by atoms with Gasteiger partial charge in [-0.1, -0.05) is 69.0 Å². The molecule has 1 rings (SSSR count). The Balaban J connectivity index is 2.67. The van der Waals surface area contributed by atoms with Gasteiger partial charge in [-0.2, -0.15) is 0 Å². The van der Waals surface area contributed by atoms with Crippen LogP contribution in [-0.4, -0.2) is 8.07 Å². The van der Waals surface area contributed by atoms with Gasteiger partial charge in [-0.15, -0.1) is 5.73 Å². The molecule has 0 aliphatic heterocycles. The first kappa shape index (κ1) is 16.0. The number of aryl methyl sites for hydroxylation is 1. The molecular formula is C18H28Si. The maximum absolute atomic E-state index is 3.62. The molecule has 0 aromatic heterocycles. The standard InChI is InChI=1S/C18H28Si/c1-5-6-10-18(15-16-19(2,3)4)14-13-17-11-8-7-9-12-17/h7-9,11-12,16H,5-6,10,13-14H2,1-4H3. The van der Waals surface area contributed by atoms with Crippen molar-refractivity contribution in [1.29, 1.82) is 0 Å². The number of benzene rings is 1. The van der Waals surface area contributed by atoms with Crippen LogP contribution < -0.4 is 0 Å². The summed E-state index contributed by atoms with van der Waals surface area (Å²) in [4.78, 5) is 0. The van der Waals surface area contributed by atoms with E-state index in [0.29, 0.717) is 0 Å². The first-order valence-electron chi connectivity index (χ1n) is 7.51. The van der Waals surface area contributed by atoms with E-state index in [1.54, 1.807) is 0 Å². The Morgan fingerprint density at radius 2 is 1.79 bits per heavy atom. The van der Waals surface area contributed by atoms with Gasteiger partial charge >= 0.3 is 0 Å². The SMILES string of the molecule is CCCCC(=C=C[Si](C)(C)C)CCc1ccccc1. The van der Waals surface area contributed by atoms with Crippen molar-refractivity contribution >= 4 is 8.07 Å². The van der Waals surface area contributed by atoms with Crippen LogP contribution in [0.4, 0.5) is 0 Å². The average molecular weight is 273 g/mol. The summed E-state index contributed by atoms with van der Waals surface area (Å²) in [6.45, 7) is 9.37. The highest BCUT2D eigenvalue weighted by Crippen LogP contribution is 2.15. The molecule has 19 heavy (non-hydrogen) atoms. The lowest BCUT2D eigenvalue weighted by Crippen LogP contribution is -2.14. The van der Waals surface area contributed by atoms with Gasteiger partial charge in [0.1, 0.15) is 0 Å². The maximum atomic E-state index is 3.62. The number of allylic oxidation sites excluding steroid dienone is 1. The molecule has 0 aliphatic carbocycles. The average Bonchev–Trinajstić information content (AvgIpc) is 2.38. The van der Waals surface area contributed by atoms with E-state index in [0.717, 1.165) is 12.8 Å². The number of hydrogen-bond donors (Lipinski definition) is 0. The summed E-state index contributed by atoms with van der Waals surface area (Å²) in [6.07, 6.45) is 6.07. The van der Waals surface area contributed by atoms with Crippen LogP contribution in [0.25, 0.3) is 0 Å². The fourth-order valence-electron chi connectivity index (χ4n) is 1.92. The molecule has 0 heterocycles. The van der Waals surface area contributed by atoms with Gasteiger partial charge in [0, 0.05) is 0 Å². The van der Waals surface area contributed by atoms with E-state index < -0.39 is 8.07 Å². The zero-order chi connectivity index (χ0) is 14.1. The second-order valence-corrected chi connectivity index (χ2v) is 11.4. The van der Waals surface area contributed by atoms with E-state index in [4.69, 9.17) is 0 Å². The van der Waals surface area contributed by atoms with Crippen LogP contribution in [0.3, 0.4) is 0 Å². The van der Waals surface area contributed by atoms with Crippen LogP contribution in [0.2, 0.25) is 19.6 Å². The second kappa shape index (κ2) is 8.19. The summed E-state index contributed by atoms with van der Waals surface area (Å²) < 4.78 is 0. The number of rotatable bonds is 7. The van der Waals surface area contributed by atoms with Gasteiger partial charge in [0.05, 0.1) is 8.07 Å². The highest BCUT2D eigenvalue weighted by molar-refractivity contribution is 6.80. The highest BCUT2D eigenvalue weighted by Gasteiger charge is 2.07. The monoisotopic (exact) mass is 272 g/mol. The molecule has 1 aromatic carbocycles. The molecular weight excluding hydrogens is 244 g/mol. The van der Waals surface area contributed by atoms with Crippen molar-refractivity contribution in [3.63, 3.8) is 0 Å². The molecule has 0 unspecified atom stereocenters. The van der Waals surface area contributed by atoms with E-state index in [1.165, 1.54) is 30.4 Å². The molecule has 0 radical (unpaired) electrons. The van der Waals surface area contributed by atoms with Crippen LogP contribution in [0.15, 0.2) is 47.3 Å². The summed E-state index contributed by atoms with van der Waals surface area (Å²) in [5.74, 6) is 0. The largest absolute Gasteiger partial charge is 0.130 e. The predicted molar refractivity (Wildman–Crippen MR) is 89.2 cm³/mol. The predicted octanol–water partition coefficient (Wildman–Crippen LogP) is 5.77. The van der Waals surface area contributed by atoms with Crippen LogP contribution >= 0.6 is 0 Å². The van der Waals surface area contributed by atoms with Gasteiger partial charge in [0.2, 0.25) is 0 Å². The minimum atomic E-state index is -1.12. The van der Waals surface area contributed by atoms with Gasteiger partial charge in [-0.05, 0) is 36.8 Å². The Morgan fingerprint density at radius 3 is 2.37 bits per heavy atom. The second-order valence-electron chi connectivity index (χ2n) is 6.35. The summed E-state index contributed by atoms with van der Waals surface area (Å²) in [5.41, 5.74) is 8.93. The van der Waals surface area contributed by atoms with E-state index >= 15 is 0 Å². The van der Waals surface area contributed by atoms with Crippen molar-refractivity contribution in [2.24, 2.45) is 0 Å². The summed E-state index contributed by atoms with van der Waals surface area (Å²) in [6, 6.07) is 10.8. The lowest BCUT2D eigenvalue weighted by atomic mass is 10.0. The van der Waals surface area contributed by atoms with Crippen LogP contribution in [0, 0.1) is 0 Å². The van der Waals surface area contributed by atoms with E-state index in [9.17, 15) is 0 Å². The van der Waals surface area contributed by atoms with Crippen molar-refractivity contribution in [2.45, 2.75) is 58.7 Å². The fraction of sp³-hybridized carbons (Fsp3) is 0.500. The molecule has 0 N–H and O–H groups in total. The van der Waals surface area contributed by atoms with Crippen LogP contribution in [-0.2, 0) is 6.42 Å². The Morgan fingerprint density at radius 1 is 1.11 bits per heavy atom. The Hall–Kier alpha value is -1.04. The first-order valence-corrected chi connectivity index (χ1v) is 11.1. The molecule has 0 saturated carbocycles. The third kappa shape index (κ3) is 7.87. The van der Waals surface area contributed by atoms with Gasteiger partial charge < -0.3 is 0 Å². The van der Waals surface area contributed by atoms with Gasteiger partial charge in [0.15, 0.2) is 0 Å². The van der Waals surface area contributed by atoms with Crippen LogP contribution in [0.5, 0.6) is 0 Å². The summed E-state index contributed by atoms with van der Waals surface area (Å²) >= 11 is 0. The maximum Gasteiger partial charge on any atom is 0.0781 e. The quantitative estimate of drug-likeness (QED) is 0.437. The molecule has 104 valence electrons. The minimum Gasteiger partial charge on any atom is -0.130 e. The summed E-state index contributed by atoms with van der Waals surface area (Å²) in [7, 11) is -1.12. The zero-order valence-corrected chi connectivity index (χ0v) is 14.0. The van der Waals surface area contributed by atoms with Gasteiger partial charge in [-0.25, -0.2) is 0 Å². The third-order valence-corrected chi connectivity index (χ3v) is 4.11. The highest BCUT2D eigenvalue weighted by atomic mass is 28.3. The normalized spacial score (nSPS) is 10.9. The molecule has 0 atom stereocenters. The summed E-state index contributed by atoms with van der Waals surface area (Å²) in [5, 5.41) is 0. The van der Waals surface area contributed by atoms with Gasteiger partial charge in [-0.3, -0.25) is 0 Å². The zero-order valence-electron chi connectivity index (χ0n) is 13.0. The van der Waals surface area contributed by atoms with E-state index in [2.05, 4.69) is 68.3 Å². The molecule has 0 aliphatic rings. The molecule has 0 fully saturated rings. The van der Waals surface area contributed by atoms with Crippen LogP contribution in [0.1, 0.15) is 38.2 Å². The number of hydrogen-bond acceptors (Lipinski definition) is 0. The smallest absolute Gasteiger partial charge is 0.0781 e. The van der Waals surface area contributed by atoms with Crippen molar-refractivity contribution in [2.75, 3.05) is 0 Å². The van der Waals surface area contributed by atoms with Gasteiger partial charge in [0.25, 0.3) is 0 Å². The van der Waals surface area contributed by atoms with Crippen molar-refractivity contribution < 1.29 is 0 Å². The number of unbranched alkanes of at least 4 members (excludes halogenated alkanes) is 1. The van der Waals surface area contributed by atoms with E-state index in [1.807, 2.05) is 0 Å². The first-order chi connectivity index (χ1) is 9.01. The Kier molecular flexibility index (Phi) is 6.90. The fourth-order valence-corrected chi connectivity index (χ4v) is 2.56. The molecule has 0 bridgehead atoms. The minimum absolute atomic E-state index is 1.12. The molecule has 0 saturated heterocycles. The Bertz CT molecular complexity index is 417. The lowest BCUT2D eigenvalue weighted by molar-refractivity contribution is 0.751. The van der Waals surface area contributed by atoms with Crippen molar-refractivity contribution in [1.82, 2.24) is 0 Å². The molecule has 0 amide bonds. The molecule has 0 spiro atoms. The molecule has 1 heteroatoms. The Labute approximate surface area is 120 Å². The molecule has 0 nitrogen and oxygen atoms in total. The topological polar surface area (TPSA) is 0 Å². The molecule has 1 aromatic rings. The van der Waals surface area contributed by atoms with Crippen molar-refractivity contribution in [3.05, 3.63) is 52.9 Å². The van der Waals surface area contributed by atoms with Crippen molar-refractivity contribution in [3.8, 4) is 0 Å².